The van der Waals surface area contributed by atoms with Crippen molar-refractivity contribution in [1.29, 1.82) is 0 Å². The SMILES string of the molecule is O=S(=O)(Cl)C(c1ccc2c(c1)CCO2)C(F)(F)F. The number of hydrogen-bond acceptors (Lipinski definition) is 3. The fraction of sp³-hybridized carbons (Fsp3) is 0.400. The first-order chi connectivity index (χ1) is 8.19. The van der Waals surface area contributed by atoms with Crippen molar-refractivity contribution >= 4 is 19.7 Å². The molecule has 0 bridgehead atoms. The number of rotatable bonds is 2. The molecule has 8 heteroatoms. The molecule has 1 heterocycles. The van der Waals surface area contributed by atoms with E-state index in [1.54, 1.807) is 0 Å². The van der Waals surface area contributed by atoms with Gasteiger partial charge in [0, 0.05) is 17.1 Å². The van der Waals surface area contributed by atoms with E-state index in [-0.39, 0.29) is 5.56 Å². The standard InChI is InChI=1S/C10H8ClF3O3S/c11-18(15,16)9(10(12,13)14)7-1-2-8-6(5-7)3-4-17-8/h1-2,5,9H,3-4H2. The normalized spacial score (nSPS) is 17.1. The summed E-state index contributed by atoms with van der Waals surface area (Å²) in [5.41, 5.74) is 0.170. The molecule has 0 N–H and O–H groups in total. The third-order valence-corrected chi connectivity index (χ3v) is 4.23. The highest BCUT2D eigenvalue weighted by molar-refractivity contribution is 8.14. The molecule has 0 saturated carbocycles. The van der Waals surface area contributed by atoms with Crippen molar-refractivity contribution in [2.75, 3.05) is 6.61 Å². The molecule has 1 unspecified atom stereocenters. The molecule has 0 aliphatic carbocycles. The van der Waals surface area contributed by atoms with Crippen molar-refractivity contribution in [3.8, 4) is 5.75 Å². The Balaban J connectivity index is 2.51. The van der Waals surface area contributed by atoms with E-state index in [1.807, 2.05) is 0 Å². The summed E-state index contributed by atoms with van der Waals surface area (Å²) in [5.74, 6) is 0.478. The Morgan fingerprint density at radius 1 is 1.33 bits per heavy atom. The first-order valence-electron chi connectivity index (χ1n) is 4.95. The fourth-order valence-corrected chi connectivity index (χ4v) is 3.28. The predicted octanol–water partition coefficient (Wildman–Crippen LogP) is 2.79. The van der Waals surface area contributed by atoms with Gasteiger partial charge in [0.05, 0.1) is 6.61 Å². The van der Waals surface area contributed by atoms with Crippen LogP contribution in [0.4, 0.5) is 13.2 Å². The van der Waals surface area contributed by atoms with Gasteiger partial charge in [0.15, 0.2) is 5.25 Å². The number of alkyl halides is 3. The maximum absolute atomic E-state index is 12.8. The molecule has 1 aliphatic heterocycles. The van der Waals surface area contributed by atoms with Crippen LogP contribution >= 0.6 is 10.7 Å². The van der Waals surface area contributed by atoms with E-state index in [0.717, 1.165) is 6.07 Å². The molecule has 0 radical (unpaired) electrons. The Bertz CT molecular complexity index is 568. The second-order valence-electron chi connectivity index (χ2n) is 3.86. The third-order valence-electron chi connectivity index (χ3n) is 2.60. The Hall–Kier alpha value is -0.950. The third kappa shape index (κ3) is 2.56. The molecule has 0 fully saturated rings. The molecule has 18 heavy (non-hydrogen) atoms. The molecule has 1 atom stereocenters. The Morgan fingerprint density at radius 2 is 2.00 bits per heavy atom. The molecule has 1 aromatic carbocycles. The zero-order valence-electron chi connectivity index (χ0n) is 8.87. The number of benzene rings is 1. The maximum Gasteiger partial charge on any atom is 0.410 e. The smallest absolute Gasteiger partial charge is 0.410 e. The van der Waals surface area contributed by atoms with Gasteiger partial charge in [-0.1, -0.05) is 12.1 Å². The van der Waals surface area contributed by atoms with Gasteiger partial charge in [-0.15, -0.1) is 0 Å². The van der Waals surface area contributed by atoms with Gasteiger partial charge in [-0.25, -0.2) is 8.42 Å². The Morgan fingerprint density at radius 3 is 2.56 bits per heavy atom. The lowest BCUT2D eigenvalue weighted by Gasteiger charge is -2.18. The van der Waals surface area contributed by atoms with Gasteiger partial charge in [0.2, 0.25) is 9.05 Å². The average Bonchev–Trinajstić information content (AvgIpc) is 2.59. The summed E-state index contributed by atoms with van der Waals surface area (Å²) < 4.78 is 65.6. The second kappa shape index (κ2) is 4.31. The second-order valence-corrected chi connectivity index (χ2v) is 6.58. The molecular weight excluding hydrogens is 293 g/mol. The minimum absolute atomic E-state index is 0.378. The van der Waals surface area contributed by atoms with Gasteiger partial charge in [0.25, 0.3) is 0 Å². The topological polar surface area (TPSA) is 43.4 Å². The Labute approximate surface area is 106 Å². The highest BCUT2D eigenvalue weighted by Crippen LogP contribution is 2.42. The van der Waals surface area contributed by atoms with Crippen LogP contribution in [0.3, 0.4) is 0 Å². The van der Waals surface area contributed by atoms with Crippen LogP contribution in [0.5, 0.6) is 5.75 Å². The van der Waals surface area contributed by atoms with Crippen LogP contribution < -0.4 is 4.74 Å². The van der Waals surface area contributed by atoms with Crippen molar-refractivity contribution < 1.29 is 26.3 Å². The minimum atomic E-state index is -4.95. The van der Waals surface area contributed by atoms with Crippen LogP contribution in [-0.2, 0) is 15.5 Å². The number of hydrogen-bond donors (Lipinski definition) is 0. The van der Waals surface area contributed by atoms with Crippen LogP contribution in [-0.4, -0.2) is 21.2 Å². The molecule has 1 aliphatic rings. The van der Waals surface area contributed by atoms with Gasteiger partial charge in [-0.2, -0.15) is 13.2 Å². The van der Waals surface area contributed by atoms with Crippen LogP contribution in [0.25, 0.3) is 0 Å². The van der Waals surface area contributed by atoms with E-state index in [4.69, 9.17) is 15.4 Å². The highest BCUT2D eigenvalue weighted by Gasteiger charge is 2.49. The largest absolute Gasteiger partial charge is 0.493 e. The molecule has 0 amide bonds. The zero-order chi connectivity index (χ0) is 13.6. The molecule has 2 rings (SSSR count). The lowest BCUT2D eigenvalue weighted by Crippen LogP contribution is -2.25. The summed E-state index contributed by atoms with van der Waals surface area (Å²) in [4.78, 5) is 0. The van der Waals surface area contributed by atoms with Gasteiger partial charge in [0.1, 0.15) is 5.75 Å². The van der Waals surface area contributed by atoms with Crippen molar-refractivity contribution in [2.45, 2.75) is 17.8 Å². The minimum Gasteiger partial charge on any atom is -0.493 e. The van der Waals surface area contributed by atoms with Crippen LogP contribution in [0.15, 0.2) is 18.2 Å². The van der Waals surface area contributed by atoms with E-state index in [9.17, 15) is 21.6 Å². The van der Waals surface area contributed by atoms with Crippen LogP contribution in [0.2, 0.25) is 0 Å². The summed E-state index contributed by atoms with van der Waals surface area (Å²) in [6.45, 7) is 0.378. The first-order valence-corrected chi connectivity index (χ1v) is 7.32. The van der Waals surface area contributed by atoms with Crippen molar-refractivity contribution in [1.82, 2.24) is 0 Å². The van der Waals surface area contributed by atoms with Gasteiger partial charge in [-0.05, 0) is 17.2 Å². The molecule has 0 aromatic heterocycles. The summed E-state index contributed by atoms with van der Waals surface area (Å²) in [6.07, 6.45) is -4.50. The summed E-state index contributed by atoms with van der Waals surface area (Å²) in [5, 5.41) is -2.71. The fourth-order valence-electron chi connectivity index (χ4n) is 1.88. The van der Waals surface area contributed by atoms with E-state index >= 15 is 0 Å². The average molecular weight is 301 g/mol. The van der Waals surface area contributed by atoms with Gasteiger partial charge in [-0.3, -0.25) is 0 Å². The lowest BCUT2D eigenvalue weighted by atomic mass is 10.1. The summed E-state index contributed by atoms with van der Waals surface area (Å²) in [7, 11) is 0.104. The zero-order valence-corrected chi connectivity index (χ0v) is 10.4. The van der Waals surface area contributed by atoms with Crippen molar-refractivity contribution in [3.05, 3.63) is 29.3 Å². The van der Waals surface area contributed by atoms with Crippen molar-refractivity contribution in [2.24, 2.45) is 0 Å². The molecule has 0 saturated heterocycles. The number of fused-ring (bicyclic) bond motifs is 1. The summed E-state index contributed by atoms with van der Waals surface area (Å²) in [6, 6.07) is 3.58. The lowest BCUT2D eigenvalue weighted by molar-refractivity contribution is -0.131. The maximum atomic E-state index is 12.8. The Kier molecular flexibility index (Phi) is 3.23. The van der Waals surface area contributed by atoms with E-state index in [0.29, 0.717) is 24.3 Å². The molecule has 3 nitrogen and oxygen atoms in total. The summed E-state index contributed by atoms with van der Waals surface area (Å²) >= 11 is 0. The molecule has 100 valence electrons. The van der Waals surface area contributed by atoms with E-state index in [1.165, 1.54) is 12.1 Å². The van der Waals surface area contributed by atoms with Gasteiger partial charge < -0.3 is 4.74 Å². The monoisotopic (exact) mass is 300 g/mol. The van der Waals surface area contributed by atoms with Gasteiger partial charge >= 0.3 is 6.18 Å². The highest BCUT2D eigenvalue weighted by atomic mass is 35.7. The van der Waals surface area contributed by atoms with Crippen LogP contribution in [0.1, 0.15) is 16.4 Å². The number of halogens is 4. The van der Waals surface area contributed by atoms with E-state index < -0.39 is 20.5 Å². The predicted molar refractivity (Wildman–Crippen MR) is 59.2 cm³/mol. The number of ether oxygens (including phenoxy) is 1. The molecular formula is C10H8ClF3O3S. The first kappa shape index (κ1) is 13.5. The van der Waals surface area contributed by atoms with E-state index in [2.05, 4.69) is 0 Å². The van der Waals surface area contributed by atoms with Crippen molar-refractivity contribution in [3.63, 3.8) is 0 Å². The molecule has 1 aromatic rings. The van der Waals surface area contributed by atoms with Crippen LogP contribution in [0, 0.1) is 0 Å². The quantitative estimate of drug-likeness (QED) is 0.789. The molecule has 0 spiro atoms.